The number of furan rings is 1. The molecule has 0 spiro atoms. The van der Waals surface area contributed by atoms with Gasteiger partial charge in [0.1, 0.15) is 12.1 Å². The first-order valence-corrected chi connectivity index (χ1v) is 9.89. The second kappa shape index (κ2) is 8.99. The summed E-state index contributed by atoms with van der Waals surface area (Å²) < 4.78 is 5.74. The Kier molecular flexibility index (Phi) is 6.44. The van der Waals surface area contributed by atoms with E-state index in [-0.39, 0.29) is 17.9 Å². The van der Waals surface area contributed by atoms with Crippen molar-refractivity contribution < 1.29 is 14.0 Å². The van der Waals surface area contributed by atoms with Gasteiger partial charge < -0.3 is 14.2 Å². The number of hydrogen-bond acceptors (Lipinski definition) is 5. The van der Waals surface area contributed by atoms with E-state index in [1.54, 1.807) is 19.3 Å². The van der Waals surface area contributed by atoms with Crippen LogP contribution in [0, 0.1) is 6.92 Å². The van der Waals surface area contributed by atoms with Crippen molar-refractivity contribution >= 4 is 11.8 Å². The van der Waals surface area contributed by atoms with Crippen molar-refractivity contribution in [1.82, 2.24) is 19.8 Å². The van der Waals surface area contributed by atoms with Crippen molar-refractivity contribution in [3.63, 3.8) is 0 Å². The number of aromatic nitrogens is 2. The van der Waals surface area contributed by atoms with Gasteiger partial charge in [-0.25, -0.2) is 9.97 Å². The van der Waals surface area contributed by atoms with Crippen LogP contribution in [0.5, 0.6) is 0 Å². The third-order valence-corrected chi connectivity index (χ3v) is 5.31. The number of carbonyl (C=O) groups excluding carboxylic acids is 2. The highest BCUT2D eigenvalue weighted by atomic mass is 16.4. The Balaban J connectivity index is 1.68. The van der Waals surface area contributed by atoms with E-state index in [2.05, 4.69) is 9.97 Å². The minimum absolute atomic E-state index is 0.0306. The molecule has 3 heterocycles. The third-order valence-electron chi connectivity index (χ3n) is 5.31. The molecule has 150 valence electrons. The summed E-state index contributed by atoms with van der Waals surface area (Å²) in [6.07, 6.45) is 8.20. The second-order valence-corrected chi connectivity index (χ2v) is 7.35. The van der Waals surface area contributed by atoms with Crippen LogP contribution in [0.3, 0.4) is 0 Å². The maximum Gasteiger partial charge on any atom is 0.289 e. The van der Waals surface area contributed by atoms with Crippen LogP contribution in [0.4, 0.5) is 0 Å². The molecule has 0 N–H and O–H groups in total. The van der Waals surface area contributed by atoms with E-state index in [1.807, 2.05) is 29.7 Å². The molecule has 0 aromatic carbocycles. The molecule has 1 aliphatic rings. The molecule has 1 fully saturated rings. The Bertz CT molecular complexity index is 818. The predicted octanol–water partition coefficient (Wildman–Crippen LogP) is 2.98. The maximum absolute atomic E-state index is 12.9. The van der Waals surface area contributed by atoms with E-state index < -0.39 is 0 Å². The van der Waals surface area contributed by atoms with E-state index in [1.165, 1.54) is 6.33 Å². The number of likely N-dealkylation sites (tertiary alicyclic amines) is 1. The van der Waals surface area contributed by atoms with Gasteiger partial charge >= 0.3 is 0 Å². The van der Waals surface area contributed by atoms with Gasteiger partial charge in [-0.15, -0.1) is 0 Å². The number of nitrogens with zero attached hydrogens (tertiary/aromatic N) is 4. The molecule has 0 aliphatic carbocycles. The average Bonchev–Trinajstić information content (AvgIpc) is 2.91. The van der Waals surface area contributed by atoms with Crippen LogP contribution in [0.1, 0.15) is 60.6 Å². The molecule has 0 saturated carbocycles. The molecule has 0 radical (unpaired) electrons. The number of rotatable bonds is 5. The molecule has 1 aliphatic heterocycles. The van der Waals surface area contributed by atoms with Gasteiger partial charge in [-0.2, -0.15) is 0 Å². The maximum atomic E-state index is 12.9. The van der Waals surface area contributed by atoms with Crippen molar-refractivity contribution in [2.45, 2.75) is 59.0 Å². The minimum atomic E-state index is -0.0521. The summed E-state index contributed by atoms with van der Waals surface area (Å²) in [7, 11) is 0. The van der Waals surface area contributed by atoms with Crippen LogP contribution in [-0.4, -0.2) is 50.7 Å². The smallest absolute Gasteiger partial charge is 0.289 e. The first kappa shape index (κ1) is 20.0. The molecule has 0 unspecified atom stereocenters. The Morgan fingerprint density at radius 3 is 2.64 bits per heavy atom. The monoisotopic (exact) mass is 384 g/mol. The molecule has 2 aromatic rings. The first-order chi connectivity index (χ1) is 13.5. The van der Waals surface area contributed by atoms with E-state index in [9.17, 15) is 9.59 Å². The normalized spacial score (nSPS) is 17.2. The largest absolute Gasteiger partial charge is 0.456 e. The summed E-state index contributed by atoms with van der Waals surface area (Å²) in [4.78, 5) is 37.0. The van der Waals surface area contributed by atoms with Crippen LogP contribution in [-0.2, 0) is 17.8 Å². The van der Waals surface area contributed by atoms with Crippen LogP contribution in [0.25, 0.3) is 0 Å². The van der Waals surface area contributed by atoms with Gasteiger partial charge in [0.2, 0.25) is 5.91 Å². The van der Waals surface area contributed by atoms with Gasteiger partial charge in [0.15, 0.2) is 5.76 Å². The third kappa shape index (κ3) is 4.58. The van der Waals surface area contributed by atoms with Crippen LogP contribution >= 0.6 is 0 Å². The highest BCUT2D eigenvalue weighted by molar-refractivity contribution is 5.93. The number of amides is 2. The van der Waals surface area contributed by atoms with E-state index in [0.29, 0.717) is 25.4 Å². The lowest BCUT2D eigenvalue weighted by Gasteiger charge is -2.30. The minimum Gasteiger partial charge on any atom is -0.456 e. The molecule has 1 atom stereocenters. The van der Waals surface area contributed by atoms with Crippen molar-refractivity contribution in [3.05, 3.63) is 47.4 Å². The Morgan fingerprint density at radius 2 is 2.00 bits per heavy atom. The van der Waals surface area contributed by atoms with Gasteiger partial charge in [-0.05, 0) is 32.3 Å². The lowest BCUT2D eigenvalue weighted by Crippen LogP contribution is -2.39. The molecule has 7 heteroatoms. The Morgan fingerprint density at radius 1 is 1.25 bits per heavy atom. The summed E-state index contributed by atoms with van der Waals surface area (Å²) in [5, 5.41) is 0. The van der Waals surface area contributed by atoms with Gasteiger partial charge in [0.25, 0.3) is 5.91 Å². The highest BCUT2D eigenvalue weighted by Crippen LogP contribution is 2.23. The van der Waals surface area contributed by atoms with Gasteiger partial charge in [-0.1, -0.05) is 6.92 Å². The van der Waals surface area contributed by atoms with Crippen molar-refractivity contribution in [3.8, 4) is 0 Å². The molecule has 28 heavy (non-hydrogen) atoms. The highest BCUT2D eigenvalue weighted by Gasteiger charge is 2.28. The summed E-state index contributed by atoms with van der Waals surface area (Å²) >= 11 is 0. The fourth-order valence-corrected chi connectivity index (χ4v) is 3.78. The topological polar surface area (TPSA) is 79.5 Å². The Hall–Kier alpha value is -2.70. The van der Waals surface area contributed by atoms with Gasteiger partial charge in [0.05, 0.1) is 0 Å². The molecule has 0 bridgehead atoms. The average molecular weight is 384 g/mol. The standard InChI is InChI=1S/C21H28N4O3/c1-4-19-10-15(2)20(28-19)21(27)24-8-5-6-18(7-9-24)25(16(3)26)13-17-11-22-14-23-12-17/h10-12,14,18H,4-9,13H2,1-3H3/t18-/m0/s1. The predicted molar refractivity (Wildman–Crippen MR) is 105 cm³/mol. The number of carbonyl (C=O) groups is 2. The van der Waals surface area contributed by atoms with E-state index >= 15 is 0 Å². The van der Waals surface area contributed by atoms with Gasteiger partial charge in [-0.3, -0.25) is 9.59 Å². The number of aryl methyl sites for hydroxylation is 2. The van der Waals surface area contributed by atoms with E-state index in [0.717, 1.165) is 42.6 Å². The molecule has 1 saturated heterocycles. The van der Waals surface area contributed by atoms with Crippen LogP contribution in [0.15, 0.2) is 29.2 Å². The summed E-state index contributed by atoms with van der Waals surface area (Å²) in [6.45, 7) is 7.30. The fraction of sp³-hybridized carbons (Fsp3) is 0.524. The Labute approximate surface area is 165 Å². The van der Waals surface area contributed by atoms with Gasteiger partial charge in [0, 0.05) is 62.5 Å². The molecule has 2 aromatic heterocycles. The SMILES string of the molecule is CCc1cc(C)c(C(=O)N2CCC[C@H](N(Cc3cncnc3)C(C)=O)CC2)o1. The molecule has 7 nitrogen and oxygen atoms in total. The van der Waals surface area contributed by atoms with Crippen LogP contribution < -0.4 is 0 Å². The van der Waals surface area contributed by atoms with Crippen LogP contribution in [0.2, 0.25) is 0 Å². The van der Waals surface area contributed by atoms with Crippen molar-refractivity contribution in [2.24, 2.45) is 0 Å². The molecule has 2 amide bonds. The molecule has 3 rings (SSSR count). The number of hydrogen-bond donors (Lipinski definition) is 0. The lowest BCUT2D eigenvalue weighted by atomic mass is 10.1. The van der Waals surface area contributed by atoms with Crippen molar-refractivity contribution in [1.29, 1.82) is 0 Å². The van der Waals surface area contributed by atoms with E-state index in [4.69, 9.17) is 4.42 Å². The first-order valence-electron chi connectivity index (χ1n) is 9.89. The summed E-state index contributed by atoms with van der Waals surface area (Å²) in [5.41, 5.74) is 1.80. The molecular formula is C21H28N4O3. The zero-order valence-corrected chi connectivity index (χ0v) is 16.9. The zero-order valence-electron chi connectivity index (χ0n) is 16.9. The summed E-state index contributed by atoms with van der Waals surface area (Å²) in [5.74, 6) is 1.26. The lowest BCUT2D eigenvalue weighted by molar-refractivity contribution is -0.132. The molecular weight excluding hydrogens is 356 g/mol. The zero-order chi connectivity index (χ0) is 20.1. The quantitative estimate of drug-likeness (QED) is 0.792. The second-order valence-electron chi connectivity index (χ2n) is 7.35. The summed E-state index contributed by atoms with van der Waals surface area (Å²) in [6, 6.07) is 2.03. The fourth-order valence-electron chi connectivity index (χ4n) is 3.78. The van der Waals surface area contributed by atoms with Crippen molar-refractivity contribution in [2.75, 3.05) is 13.1 Å².